The normalized spacial score (nSPS) is 23.0. The molecular weight excluding hydrogens is 517 g/mol. The lowest BCUT2D eigenvalue weighted by Gasteiger charge is -2.42. The Balaban J connectivity index is 1.51. The molecule has 2 aromatic rings. The molecule has 2 aromatic carbocycles. The summed E-state index contributed by atoms with van der Waals surface area (Å²) < 4.78 is 48.7. The lowest BCUT2D eigenvalue weighted by Crippen LogP contribution is -2.58. The van der Waals surface area contributed by atoms with E-state index in [1.54, 1.807) is 0 Å². The van der Waals surface area contributed by atoms with E-state index in [1.807, 2.05) is 0 Å². The second-order valence-corrected chi connectivity index (χ2v) is 9.19. The largest absolute Gasteiger partial charge is 0.490 e. The van der Waals surface area contributed by atoms with Crippen molar-refractivity contribution in [2.75, 3.05) is 29.9 Å². The molecule has 0 aromatic heterocycles. The maximum absolute atomic E-state index is 14.3. The summed E-state index contributed by atoms with van der Waals surface area (Å²) in [6.45, 7) is -0.581. The van der Waals surface area contributed by atoms with Gasteiger partial charge >= 0.3 is 0 Å². The summed E-state index contributed by atoms with van der Waals surface area (Å²) in [5.41, 5.74) is -1.41. The van der Waals surface area contributed by atoms with Crippen molar-refractivity contribution in [3.05, 3.63) is 50.7 Å². The number of aliphatic hydroxyl groups is 2. The zero-order chi connectivity index (χ0) is 23.2. The van der Waals surface area contributed by atoms with E-state index < -0.39 is 35.8 Å². The number of anilines is 2. The molecule has 0 unspecified atom stereocenters. The lowest BCUT2D eigenvalue weighted by atomic mass is 9.89. The Labute approximate surface area is 195 Å². The summed E-state index contributed by atoms with van der Waals surface area (Å²) >= 11 is 8.97. The Morgan fingerprint density at radius 3 is 2.56 bits per heavy atom. The molecular formula is C21H19BrClF3N2O4. The summed E-state index contributed by atoms with van der Waals surface area (Å²) in [5.74, 6) is -2.60. The molecule has 4 rings (SSSR count). The SMILES string of the molecule is O=C1CCc2c(OC[C@]3(O)CCN(c4c(F)cc(Br)cc4F)C[C@H]3O)cc(F)c(Cl)c2N1. The standard InChI is InChI=1S/C21H19BrClF3N2O4/c22-10-5-13(25)20(14(26)6-10)28-4-3-21(31,16(29)8-28)9-32-15-7-12(24)18(23)19-11(15)1-2-17(30)27-19/h5-7,16,29,31H,1-4,8-9H2,(H,27,30)/t16-,21-/m1/s1. The predicted molar refractivity (Wildman–Crippen MR) is 116 cm³/mol. The highest BCUT2D eigenvalue weighted by Crippen LogP contribution is 2.40. The molecule has 1 fully saturated rings. The van der Waals surface area contributed by atoms with E-state index in [0.29, 0.717) is 5.56 Å². The number of amides is 1. The number of hydrogen-bond acceptors (Lipinski definition) is 5. The Morgan fingerprint density at radius 2 is 1.91 bits per heavy atom. The molecule has 0 aliphatic carbocycles. The second kappa shape index (κ2) is 8.74. The summed E-state index contributed by atoms with van der Waals surface area (Å²) in [5, 5.41) is 23.8. The van der Waals surface area contributed by atoms with E-state index in [0.717, 1.165) is 18.2 Å². The first kappa shape index (κ1) is 23.2. The number of piperidine rings is 1. The summed E-state index contributed by atoms with van der Waals surface area (Å²) in [6, 6.07) is 3.30. The van der Waals surface area contributed by atoms with Gasteiger partial charge in [0.05, 0.1) is 5.69 Å². The average Bonchev–Trinajstić information content (AvgIpc) is 2.72. The molecule has 2 aliphatic heterocycles. The molecule has 3 N–H and O–H groups in total. The van der Waals surface area contributed by atoms with E-state index in [9.17, 15) is 28.2 Å². The zero-order valence-corrected chi connectivity index (χ0v) is 18.9. The van der Waals surface area contributed by atoms with E-state index in [-0.39, 0.29) is 64.9 Å². The third-order valence-electron chi connectivity index (χ3n) is 5.76. The van der Waals surface area contributed by atoms with Crippen LogP contribution in [0, 0.1) is 17.5 Å². The maximum Gasteiger partial charge on any atom is 0.224 e. The zero-order valence-electron chi connectivity index (χ0n) is 16.6. The van der Waals surface area contributed by atoms with Gasteiger partial charge in [0.15, 0.2) is 11.6 Å². The molecule has 0 spiro atoms. The number of halogens is 5. The number of rotatable bonds is 4. The van der Waals surface area contributed by atoms with Crippen molar-refractivity contribution < 1.29 is 32.9 Å². The highest BCUT2D eigenvalue weighted by atomic mass is 79.9. The number of nitrogens with one attached hydrogen (secondary N) is 1. The highest BCUT2D eigenvalue weighted by molar-refractivity contribution is 9.10. The van der Waals surface area contributed by atoms with Crippen molar-refractivity contribution in [3.8, 4) is 5.75 Å². The molecule has 2 atom stereocenters. The minimum absolute atomic E-state index is 0.0511. The van der Waals surface area contributed by atoms with Gasteiger partial charge in [0.25, 0.3) is 0 Å². The van der Waals surface area contributed by atoms with Gasteiger partial charge in [-0.25, -0.2) is 13.2 Å². The molecule has 2 heterocycles. The molecule has 0 saturated carbocycles. The monoisotopic (exact) mass is 534 g/mol. The van der Waals surface area contributed by atoms with Crippen molar-refractivity contribution in [3.63, 3.8) is 0 Å². The number of carbonyl (C=O) groups is 1. The van der Waals surface area contributed by atoms with Crippen molar-refractivity contribution in [2.24, 2.45) is 0 Å². The van der Waals surface area contributed by atoms with Gasteiger partial charge in [0.1, 0.15) is 40.6 Å². The number of β-amino-alcohol motifs (C(OH)–C–C–N with tert-alkyl or cyclic N) is 1. The fourth-order valence-electron chi connectivity index (χ4n) is 3.96. The Bertz CT molecular complexity index is 1070. The van der Waals surface area contributed by atoms with Crippen molar-refractivity contribution in [2.45, 2.75) is 31.0 Å². The van der Waals surface area contributed by atoms with Crippen LogP contribution in [-0.2, 0) is 11.2 Å². The Morgan fingerprint density at radius 1 is 1.22 bits per heavy atom. The van der Waals surface area contributed by atoms with Crippen LogP contribution in [0.25, 0.3) is 0 Å². The molecule has 1 amide bonds. The second-order valence-electron chi connectivity index (χ2n) is 7.89. The Hall–Kier alpha value is -2.01. The Kier molecular flexibility index (Phi) is 6.32. The van der Waals surface area contributed by atoms with E-state index in [4.69, 9.17) is 16.3 Å². The number of aliphatic hydroxyl groups excluding tert-OH is 1. The lowest BCUT2D eigenvalue weighted by molar-refractivity contribution is -0.116. The quantitative estimate of drug-likeness (QED) is 0.555. The first-order chi connectivity index (χ1) is 15.1. The average molecular weight is 536 g/mol. The number of carbonyl (C=O) groups excluding carboxylic acids is 1. The first-order valence-corrected chi connectivity index (χ1v) is 11.0. The number of fused-ring (bicyclic) bond motifs is 1. The van der Waals surface area contributed by atoms with Gasteiger partial charge < -0.3 is 25.2 Å². The number of ether oxygens (including phenoxy) is 1. The predicted octanol–water partition coefficient (Wildman–Crippen LogP) is 3.79. The van der Waals surface area contributed by atoms with Crippen molar-refractivity contribution >= 4 is 44.8 Å². The number of benzene rings is 2. The topological polar surface area (TPSA) is 82.0 Å². The van der Waals surface area contributed by atoms with Crippen LogP contribution in [-0.4, -0.2) is 47.5 Å². The van der Waals surface area contributed by atoms with Crippen LogP contribution in [0.1, 0.15) is 18.4 Å². The molecule has 6 nitrogen and oxygen atoms in total. The molecule has 32 heavy (non-hydrogen) atoms. The molecule has 172 valence electrons. The smallest absolute Gasteiger partial charge is 0.224 e. The molecule has 11 heteroatoms. The molecule has 0 bridgehead atoms. The van der Waals surface area contributed by atoms with Crippen LogP contribution in [0.3, 0.4) is 0 Å². The van der Waals surface area contributed by atoms with Crippen molar-refractivity contribution in [1.29, 1.82) is 0 Å². The third-order valence-corrected chi connectivity index (χ3v) is 6.58. The van der Waals surface area contributed by atoms with Gasteiger partial charge in [-0.05, 0) is 25.0 Å². The summed E-state index contributed by atoms with van der Waals surface area (Å²) in [7, 11) is 0. The minimum atomic E-state index is -1.74. The van der Waals surface area contributed by atoms with Crippen LogP contribution in [0.15, 0.2) is 22.7 Å². The summed E-state index contributed by atoms with van der Waals surface area (Å²) in [6.07, 6.45) is -1.02. The van der Waals surface area contributed by atoms with Crippen LogP contribution < -0.4 is 15.0 Å². The van der Waals surface area contributed by atoms with E-state index in [2.05, 4.69) is 21.2 Å². The first-order valence-electron chi connectivity index (χ1n) is 9.82. The van der Waals surface area contributed by atoms with E-state index in [1.165, 1.54) is 4.90 Å². The van der Waals surface area contributed by atoms with Gasteiger partial charge in [-0.15, -0.1) is 0 Å². The van der Waals surface area contributed by atoms with Gasteiger partial charge in [-0.2, -0.15) is 0 Å². The van der Waals surface area contributed by atoms with Gasteiger partial charge in [-0.3, -0.25) is 4.79 Å². The van der Waals surface area contributed by atoms with Crippen LogP contribution in [0.4, 0.5) is 24.5 Å². The number of hydrogen-bond donors (Lipinski definition) is 3. The molecule has 0 radical (unpaired) electrons. The van der Waals surface area contributed by atoms with Crippen LogP contribution in [0.2, 0.25) is 5.02 Å². The van der Waals surface area contributed by atoms with Gasteiger partial charge in [0, 0.05) is 35.6 Å². The van der Waals surface area contributed by atoms with Gasteiger partial charge in [0.2, 0.25) is 5.91 Å². The fraction of sp³-hybridized carbons (Fsp3) is 0.381. The highest BCUT2D eigenvalue weighted by Gasteiger charge is 2.43. The molecule has 1 saturated heterocycles. The van der Waals surface area contributed by atoms with Crippen molar-refractivity contribution in [1.82, 2.24) is 0 Å². The van der Waals surface area contributed by atoms with E-state index >= 15 is 0 Å². The van der Waals surface area contributed by atoms with Crippen LogP contribution in [0.5, 0.6) is 5.75 Å². The third kappa shape index (κ3) is 4.28. The maximum atomic E-state index is 14.3. The van der Waals surface area contributed by atoms with Gasteiger partial charge in [-0.1, -0.05) is 27.5 Å². The fourth-order valence-corrected chi connectivity index (χ4v) is 4.58. The number of nitrogens with zero attached hydrogens (tertiary/aromatic N) is 1. The van der Waals surface area contributed by atoms with Crippen LogP contribution >= 0.6 is 27.5 Å². The summed E-state index contributed by atoms with van der Waals surface area (Å²) in [4.78, 5) is 13.0. The minimum Gasteiger partial charge on any atom is -0.490 e. The molecule has 2 aliphatic rings.